The Bertz CT molecular complexity index is 912. The summed E-state index contributed by atoms with van der Waals surface area (Å²) in [6.07, 6.45) is 0.790. The van der Waals surface area contributed by atoms with E-state index in [9.17, 15) is 14.4 Å². The molecule has 0 aliphatic carbocycles. The maximum atomic E-state index is 13.0. The Hall–Kier alpha value is -2.93. The van der Waals surface area contributed by atoms with E-state index in [-0.39, 0.29) is 17.9 Å². The van der Waals surface area contributed by atoms with Crippen LogP contribution in [0.2, 0.25) is 0 Å². The fourth-order valence-electron chi connectivity index (χ4n) is 3.60. The van der Waals surface area contributed by atoms with Crippen molar-refractivity contribution in [2.24, 2.45) is 0 Å². The molecular formula is C24H34N3O4+. The molecule has 0 atom stereocenters. The van der Waals surface area contributed by atoms with Crippen LogP contribution in [0.4, 0.5) is 0 Å². The van der Waals surface area contributed by atoms with Crippen LogP contribution in [-0.2, 0) is 9.53 Å². The number of quaternary nitrogens is 1. The predicted molar refractivity (Wildman–Crippen MR) is 121 cm³/mol. The highest BCUT2D eigenvalue weighted by Gasteiger charge is 2.29. The number of esters is 1. The van der Waals surface area contributed by atoms with Gasteiger partial charge in [-0.25, -0.2) is 4.79 Å². The van der Waals surface area contributed by atoms with Crippen LogP contribution >= 0.6 is 0 Å². The van der Waals surface area contributed by atoms with E-state index in [4.69, 9.17) is 4.74 Å². The van der Waals surface area contributed by atoms with Crippen LogP contribution in [-0.4, -0.2) is 55.4 Å². The van der Waals surface area contributed by atoms with Crippen molar-refractivity contribution in [1.29, 1.82) is 0 Å². The molecule has 0 saturated carbocycles. The highest BCUT2D eigenvalue weighted by Crippen LogP contribution is 2.31. The molecule has 31 heavy (non-hydrogen) atoms. The Kier molecular flexibility index (Phi) is 9.00. The summed E-state index contributed by atoms with van der Waals surface area (Å²) in [5.41, 5.74) is 3.02. The monoisotopic (exact) mass is 428 g/mol. The molecule has 168 valence electrons. The molecule has 0 aliphatic heterocycles. The van der Waals surface area contributed by atoms with E-state index in [0.29, 0.717) is 23.4 Å². The number of ether oxygens (including phenoxy) is 1. The van der Waals surface area contributed by atoms with Gasteiger partial charge in [-0.3, -0.25) is 9.59 Å². The van der Waals surface area contributed by atoms with Crippen molar-refractivity contribution in [3.63, 3.8) is 0 Å². The molecule has 1 amide bonds. The molecule has 0 bridgehead atoms. The number of nitrogens with one attached hydrogen (secondary N) is 3. The van der Waals surface area contributed by atoms with Crippen LogP contribution in [0.15, 0.2) is 24.3 Å². The number of aromatic nitrogens is 1. The number of carbonyl (C=O) groups is 3. The minimum atomic E-state index is -0.690. The smallest absolute Gasteiger partial charge is 0.340 e. The molecule has 2 rings (SSSR count). The summed E-state index contributed by atoms with van der Waals surface area (Å²) in [4.78, 5) is 42.6. The number of H-pyrrole nitrogens is 1. The molecule has 0 unspecified atom stereocenters. The summed E-state index contributed by atoms with van der Waals surface area (Å²) in [5, 5.41) is 2.72. The third kappa shape index (κ3) is 6.04. The van der Waals surface area contributed by atoms with Crippen molar-refractivity contribution in [1.82, 2.24) is 10.3 Å². The van der Waals surface area contributed by atoms with Crippen LogP contribution in [0.1, 0.15) is 59.3 Å². The van der Waals surface area contributed by atoms with E-state index >= 15 is 0 Å². The SMILES string of the molecule is CCOC(=O)c1c(C)[nH]c(C(=O)C(=O)NCCC[NH+](CC)CC)c1-c1ccc(C)cc1. The van der Waals surface area contributed by atoms with Crippen molar-refractivity contribution in [3.8, 4) is 11.1 Å². The van der Waals surface area contributed by atoms with Crippen LogP contribution in [0.25, 0.3) is 11.1 Å². The molecule has 3 N–H and O–H groups in total. The van der Waals surface area contributed by atoms with Gasteiger partial charge in [-0.2, -0.15) is 0 Å². The van der Waals surface area contributed by atoms with Crippen molar-refractivity contribution in [2.45, 2.75) is 41.0 Å². The summed E-state index contributed by atoms with van der Waals surface area (Å²) >= 11 is 0. The van der Waals surface area contributed by atoms with Gasteiger partial charge in [0, 0.05) is 24.2 Å². The molecule has 1 aromatic heterocycles. The van der Waals surface area contributed by atoms with E-state index in [1.807, 2.05) is 31.2 Å². The number of aromatic amines is 1. The van der Waals surface area contributed by atoms with Gasteiger partial charge in [-0.05, 0) is 40.2 Å². The molecule has 2 aromatic rings. The third-order valence-electron chi connectivity index (χ3n) is 5.43. The number of carbonyl (C=O) groups excluding carboxylic acids is 3. The second-order valence-corrected chi connectivity index (χ2v) is 7.61. The largest absolute Gasteiger partial charge is 0.462 e. The first-order chi connectivity index (χ1) is 14.8. The van der Waals surface area contributed by atoms with Crippen molar-refractivity contribution in [2.75, 3.05) is 32.8 Å². The number of benzene rings is 1. The lowest BCUT2D eigenvalue weighted by Gasteiger charge is -2.15. The van der Waals surface area contributed by atoms with Gasteiger partial charge in [-0.1, -0.05) is 29.8 Å². The zero-order valence-electron chi connectivity index (χ0n) is 19.2. The van der Waals surface area contributed by atoms with Crippen LogP contribution < -0.4 is 10.2 Å². The van der Waals surface area contributed by atoms with Crippen LogP contribution in [0, 0.1) is 13.8 Å². The lowest BCUT2D eigenvalue weighted by Crippen LogP contribution is -3.11. The Morgan fingerprint density at radius 3 is 2.26 bits per heavy atom. The van der Waals surface area contributed by atoms with Gasteiger partial charge in [0.2, 0.25) is 0 Å². The first-order valence-electron chi connectivity index (χ1n) is 11.0. The van der Waals surface area contributed by atoms with Gasteiger partial charge in [0.1, 0.15) is 5.69 Å². The Labute approximate surface area is 184 Å². The highest BCUT2D eigenvalue weighted by atomic mass is 16.5. The second kappa shape index (κ2) is 11.5. The average Bonchev–Trinajstić information content (AvgIpc) is 3.11. The number of rotatable bonds is 11. The number of aryl methyl sites for hydroxylation is 2. The molecule has 7 nitrogen and oxygen atoms in total. The minimum absolute atomic E-state index is 0.108. The lowest BCUT2D eigenvalue weighted by atomic mass is 9.97. The molecule has 0 spiro atoms. The number of ketones is 1. The van der Waals surface area contributed by atoms with E-state index < -0.39 is 17.7 Å². The van der Waals surface area contributed by atoms with E-state index in [1.165, 1.54) is 4.90 Å². The Morgan fingerprint density at radius 1 is 1.03 bits per heavy atom. The van der Waals surface area contributed by atoms with Crippen molar-refractivity contribution < 1.29 is 24.0 Å². The van der Waals surface area contributed by atoms with Crippen molar-refractivity contribution in [3.05, 3.63) is 46.8 Å². The number of hydrogen-bond acceptors (Lipinski definition) is 4. The highest BCUT2D eigenvalue weighted by molar-refractivity contribution is 6.43. The van der Waals surface area contributed by atoms with Gasteiger partial charge in [-0.15, -0.1) is 0 Å². The van der Waals surface area contributed by atoms with Gasteiger partial charge in [0.15, 0.2) is 0 Å². The summed E-state index contributed by atoms with van der Waals surface area (Å²) in [6, 6.07) is 7.47. The number of Topliss-reactive ketones (excluding diaryl/α,β-unsaturated/α-hetero) is 1. The number of hydrogen-bond donors (Lipinski definition) is 3. The lowest BCUT2D eigenvalue weighted by molar-refractivity contribution is -0.896. The van der Waals surface area contributed by atoms with Crippen molar-refractivity contribution >= 4 is 17.7 Å². The summed E-state index contributed by atoms with van der Waals surface area (Å²) in [7, 11) is 0. The van der Waals surface area contributed by atoms with Gasteiger partial charge in [0.05, 0.1) is 31.8 Å². The maximum absolute atomic E-state index is 13.0. The predicted octanol–water partition coefficient (Wildman–Crippen LogP) is 2.09. The topological polar surface area (TPSA) is 92.7 Å². The number of amides is 1. The first-order valence-corrected chi connectivity index (χ1v) is 11.0. The van der Waals surface area contributed by atoms with Crippen LogP contribution in [0.5, 0.6) is 0 Å². The fraction of sp³-hybridized carbons (Fsp3) is 0.458. The standard InChI is InChI=1S/C24H33N3O4/c1-6-27(7-2)15-9-14-25-23(29)22(28)21-20(18-12-10-16(4)11-13-18)19(17(5)26-21)24(30)31-8-3/h10-13,26H,6-9,14-15H2,1-5H3,(H,25,29)/p+1. The van der Waals surface area contributed by atoms with E-state index in [1.54, 1.807) is 13.8 Å². The Morgan fingerprint density at radius 2 is 1.68 bits per heavy atom. The molecule has 0 saturated heterocycles. The van der Waals surface area contributed by atoms with Gasteiger partial charge in [0.25, 0.3) is 11.7 Å². The third-order valence-corrected chi connectivity index (χ3v) is 5.43. The minimum Gasteiger partial charge on any atom is -0.462 e. The molecule has 1 aromatic carbocycles. The second-order valence-electron chi connectivity index (χ2n) is 7.61. The zero-order valence-corrected chi connectivity index (χ0v) is 19.2. The van der Waals surface area contributed by atoms with E-state index in [0.717, 1.165) is 31.6 Å². The quantitative estimate of drug-likeness (QED) is 0.221. The first kappa shape index (κ1) is 24.3. The Balaban J connectivity index is 2.29. The molecular weight excluding hydrogens is 394 g/mol. The summed E-state index contributed by atoms with van der Waals surface area (Å²) in [5.74, 6) is -1.89. The molecule has 1 heterocycles. The molecule has 0 radical (unpaired) electrons. The van der Waals surface area contributed by atoms with E-state index in [2.05, 4.69) is 24.1 Å². The van der Waals surface area contributed by atoms with Gasteiger partial charge < -0.3 is 19.9 Å². The average molecular weight is 429 g/mol. The van der Waals surface area contributed by atoms with Crippen LogP contribution in [0.3, 0.4) is 0 Å². The maximum Gasteiger partial charge on any atom is 0.340 e. The fourth-order valence-corrected chi connectivity index (χ4v) is 3.60. The van der Waals surface area contributed by atoms with Gasteiger partial charge >= 0.3 is 5.97 Å². The molecule has 7 heteroatoms. The summed E-state index contributed by atoms with van der Waals surface area (Å²) < 4.78 is 5.20. The normalized spacial score (nSPS) is 10.9. The zero-order chi connectivity index (χ0) is 23.0. The summed E-state index contributed by atoms with van der Waals surface area (Å²) in [6.45, 7) is 13.3. The molecule has 0 fully saturated rings. The molecule has 0 aliphatic rings.